The summed E-state index contributed by atoms with van der Waals surface area (Å²) in [4.78, 5) is 18.4. The van der Waals surface area contributed by atoms with Gasteiger partial charge in [0.2, 0.25) is 0 Å². The number of oxazole rings is 1. The van der Waals surface area contributed by atoms with Crippen LogP contribution in [0.3, 0.4) is 0 Å². The number of aromatic nitrogens is 1. The average molecular weight is 457 g/mol. The Labute approximate surface area is 181 Å². The molecule has 4 rings (SSSR count). The van der Waals surface area contributed by atoms with Gasteiger partial charge in [-0.2, -0.15) is 18.2 Å². The third-order valence-electron chi connectivity index (χ3n) is 5.29. The normalized spacial score (nSPS) is 17.6. The van der Waals surface area contributed by atoms with Gasteiger partial charge in [0.05, 0.1) is 13.2 Å². The molecule has 174 valence electrons. The van der Waals surface area contributed by atoms with Gasteiger partial charge in [-0.15, -0.1) is 0 Å². The number of nitrogens with one attached hydrogen (secondary N) is 1. The van der Waals surface area contributed by atoms with Gasteiger partial charge in [0.15, 0.2) is 17.3 Å². The highest BCUT2D eigenvalue weighted by Gasteiger charge is 2.35. The minimum atomic E-state index is -4.58. The average Bonchev–Trinajstić information content (AvgIpc) is 3.40. The van der Waals surface area contributed by atoms with Crippen LogP contribution >= 0.6 is 0 Å². The summed E-state index contributed by atoms with van der Waals surface area (Å²) >= 11 is 0. The summed E-state index contributed by atoms with van der Waals surface area (Å²) in [5.41, 5.74) is -0.400. The molecule has 11 heteroatoms. The Bertz CT molecular complexity index is 951. The van der Waals surface area contributed by atoms with E-state index >= 15 is 0 Å². The Kier molecular flexibility index (Phi) is 6.54. The number of halogens is 4. The fraction of sp³-hybridized carbons (Fsp3) is 0.524. The van der Waals surface area contributed by atoms with E-state index in [1.165, 1.54) is 12.1 Å². The molecule has 2 saturated heterocycles. The number of rotatable bonds is 6. The maximum atomic E-state index is 14.5. The van der Waals surface area contributed by atoms with Crippen LogP contribution < -0.4 is 15.0 Å². The van der Waals surface area contributed by atoms with E-state index in [9.17, 15) is 22.4 Å². The van der Waals surface area contributed by atoms with Gasteiger partial charge in [-0.25, -0.2) is 4.39 Å². The van der Waals surface area contributed by atoms with E-state index in [0.717, 1.165) is 18.9 Å². The molecule has 1 amide bonds. The van der Waals surface area contributed by atoms with Gasteiger partial charge in [0.25, 0.3) is 11.9 Å². The lowest BCUT2D eigenvalue weighted by Crippen LogP contribution is -2.26. The highest BCUT2D eigenvalue weighted by atomic mass is 19.4. The first kappa shape index (κ1) is 22.4. The molecule has 0 atom stereocenters. The maximum Gasteiger partial charge on any atom is 0.396 e. The standard InChI is InChI=1S/C21H23F4N3O4/c22-15-11-13(3-4-16(15)31-14-5-9-30-10-6-14)26-19(29)18-17(12-21(23,24)25)32-20(27-18)28-7-1-2-8-28/h3-4,11,14H,1-2,5-10,12H2,(H,26,29). The highest BCUT2D eigenvalue weighted by molar-refractivity contribution is 6.03. The number of hydrogen-bond acceptors (Lipinski definition) is 6. The van der Waals surface area contributed by atoms with Crippen LogP contribution in [0, 0.1) is 5.82 Å². The van der Waals surface area contributed by atoms with Crippen LogP contribution in [0.4, 0.5) is 29.3 Å². The minimum absolute atomic E-state index is 0.0155. The first-order valence-corrected chi connectivity index (χ1v) is 10.5. The fourth-order valence-electron chi connectivity index (χ4n) is 3.70. The summed E-state index contributed by atoms with van der Waals surface area (Å²) < 4.78 is 69.6. The molecule has 0 bridgehead atoms. The molecule has 2 aliphatic rings. The monoisotopic (exact) mass is 457 g/mol. The highest BCUT2D eigenvalue weighted by Crippen LogP contribution is 2.30. The number of alkyl halides is 3. The Morgan fingerprint density at radius 3 is 2.59 bits per heavy atom. The third-order valence-corrected chi connectivity index (χ3v) is 5.29. The Morgan fingerprint density at radius 2 is 1.94 bits per heavy atom. The Hall–Kier alpha value is -2.82. The van der Waals surface area contributed by atoms with E-state index in [1.807, 2.05) is 0 Å². The molecule has 1 N–H and O–H groups in total. The zero-order valence-electron chi connectivity index (χ0n) is 17.2. The fourth-order valence-corrected chi connectivity index (χ4v) is 3.70. The van der Waals surface area contributed by atoms with Crippen molar-refractivity contribution < 1.29 is 36.2 Å². The number of carbonyl (C=O) groups excluding carboxylic acids is 1. The van der Waals surface area contributed by atoms with Crippen molar-refractivity contribution in [3.63, 3.8) is 0 Å². The van der Waals surface area contributed by atoms with Crippen LogP contribution in [0.2, 0.25) is 0 Å². The topological polar surface area (TPSA) is 76.8 Å². The second-order valence-electron chi connectivity index (χ2n) is 7.78. The van der Waals surface area contributed by atoms with Crippen molar-refractivity contribution in [1.29, 1.82) is 0 Å². The van der Waals surface area contributed by atoms with Crippen LogP contribution in [0.15, 0.2) is 22.6 Å². The van der Waals surface area contributed by atoms with Gasteiger partial charge < -0.3 is 24.1 Å². The molecule has 3 heterocycles. The van der Waals surface area contributed by atoms with Crippen molar-refractivity contribution >= 4 is 17.6 Å². The predicted octanol–water partition coefficient (Wildman–Crippen LogP) is 4.33. The summed E-state index contributed by atoms with van der Waals surface area (Å²) in [5.74, 6) is -2.14. The zero-order chi connectivity index (χ0) is 22.7. The zero-order valence-corrected chi connectivity index (χ0v) is 17.2. The molecular formula is C21H23F4N3O4. The third kappa shape index (κ3) is 5.50. The number of ether oxygens (including phenoxy) is 2. The predicted molar refractivity (Wildman–Crippen MR) is 107 cm³/mol. The van der Waals surface area contributed by atoms with Crippen molar-refractivity contribution in [2.45, 2.75) is 44.4 Å². The van der Waals surface area contributed by atoms with E-state index in [-0.39, 0.29) is 23.6 Å². The first-order valence-electron chi connectivity index (χ1n) is 10.5. The molecule has 1 aromatic heterocycles. The van der Waals surface area contributed by atoms with E-state index in [0.29, 0.717) is 39.1 Å². The van der Waals surface area contributed by atoms with Gasteiger partial charge >= 0.3 is 6.18 Å². The molecule has 0 unspecified atom stereocenters. The molecule has 1 aromatic carbocycles. The van der Waals surface area contributed by atoms with E-state index < -0.39 is 35.8 Å². The second kappa shape index (κ2) is 9.35. The Morgan fingerprint density at radius 1 is 1.22 bits per heavy atom. The Balaban J connectivity index is 1.49. The number of amides is 1. The summed E-state index contributed by atoms with van der Waals surface area (Å²) in [6.45, 7) is 2.26. The van der Waals surface area contributed by atoms with Gasteiger partial charge in [0, 0.05) is 37.7 Å². The minimum Gasteiger partial charge on any atom is -0.487 e. The van der Waals surface area contributed by atoms with Crippen molar-refractivity contribution in [1.82, 2.24) is 4.98 Å². The van der Waals surface area contributed by atoms with Crippen molar-refractivity contribution in [3.8, 4) is 5.75 Å². The second-order valence-corrected chi connectivity index (χ2v) is 7.78. The lowest BCUT2D eigenvalue weighted by molar-refractivity contribution is -0.130. The van der Waals surface area contributed by atoms with Crippen LogP contribution in [-0.2, 0) is 11.2 Å². The molecule has 32 heavy (non-hydrogen) atoms. The van der Waals surface area contributed by atoms with E-state index in [4.69, 9.17) is 13.9 Å². The van der Waals surface area contributed by atoms with E-state index in [2.05, 4.69) is 10.3 Å². The van der Waals surface area contributed by atoms with Crippen molar-refractivity contribution in [2.75, 3.05) is 36.5 Å². The summed E-state index contributed by atoms with van der Waals surface area (Å²) in [6, 6.07) is 3.83. The lowest BCUT2D eigenvalue weighted by Gasteiger charge is -2.23. The molecular weight excluding hydrogens is 434 g/mol. The molecule has 2 aliphatic heterocycles. The number of nitrogens with zero attached hydrogens (tertiary/aromatic N) is 2. The van der Waals surface area contributed by atoms with Crippen LogP contribution in [0.1, 0.15) is 41.9 Å². The SMILES string of the molecule is O=C(Nc1ccc(OC2CCOCC2)c(F)c1)c1nc(N2CCCC2)oc1CC(F)(F)F. The van der Waals surface area contributed by atoms with E-state index in [1.54, 1.807) is 4.90 Å². The summed E-state index contributed by atoms with van der Waals surface area (Å²) in [7, 11) is 0. The number of carbonyl (C=O) groups is 1. The van der Waals surface area contributed by atoms with Crippen molar-refractivity contribution in [2.24, 2.45) is 0 Å². The van der Waals surface area contributed by atoms with Crippen molar-refractivity contribution in [3.05, 3.63) is 35.5 Å². The molecule has 0 saturated carbocycles. The largest absolute Gasteiger partial charge is 0.487 e. The van der Waals surface area contributed by atoms with Crippen LogP contribution in [0.25, 0.3) is 0 Å². The van der Waals surface area contributed by atoms with Gasteiger partial charge in [-0.3, -0.25) is 4.79 Å². The molecule has 0 aliphatic carbocycles. The first-order chi connectivity index (χ1) is 15.3. The molecule has 0 radical (unpaired) electrons. The molecule has 0 spiro atoms. The maximum absolute atomic E-state index is 14.5. The number of benzene rings is 1. The van der Waals surface area contributed by atoms with Gasteiger partial charge in [-0.05, 0) is 25.0 Å². The summed E-state index contributed by atoms with van der Waals surface area (Å²) in [5, 5.41) is 2.40. The quantitative estimate of drug-likeness (QED) is 0.651. The number of anilines is 2. The smallest absolute Gasteiger partial charge is 0.396 e. The molecule has 2 fully saturated rings. The van der Waals surface area contributed by atoms with Crippen LogP contribution in [-0.4, -0.2) is 49.5 Å². The summed E-state index contributed by atoms with van der Waals surface area (Å²) in [6.07, 6.45) is -3.16. The lowest BCUT2D eigenvalue weighted by atomic mass is 10.1. The molecule has 2 aromatic rings. The van der Waals surface area contributed by atoms with Gasteiger partial charge in [0.1, 0.15) is 18.3 Å². The van der Waals surface area contributed by atoms with Gasteiger partial charge in [-0.1, -0.05) is 0 Å². The number of hydrogen-bond donors (Lipinski definition) is 1. The van der Waals surface area contributed by atoms with Crippen LogP contribution in [0.5, 0.6) is 5.75 Å². The molecule has 7 nitrogen and oxygen atoms in total.